The summed E-state index contributed by atoms with van der Waals surface area (Å²) in [5.41, 5.74) is 9.70. The lowest BCUT2D eigenvalue weighted by molar-refractivity contribution is -0.132. The number of benzene rings is 2. The quantitative estimate of drug-likeness (QED) is 0.175. The van der Waals surface area contributed by atoms with Gasteiger partial charge in [-0.3, -0.25) is 14.8 Å². The van der Waals surface area contributed by atoms with Gasteiger partial charge in [-0.2, -0.15) is 0 Å². The summed E-state index contributed by atoms with van der Waals surface area (Å²) in [7, 11) is 0. The predicted molar refractivity (Wildman–Crippen MR) is 127 cm³/mol. The molecule has 1 saturated carbocycles. The first-order chi connectivity index (χ1) is 15.8. The summed E-state index contributed by atoms with van der Waals surface area (Å²) in [6.45, 7) is 5.11. The Hall–Kier alpha value is -3.18. The lowest BCUT2D eigenvalue weighted by Gasteiger charge is -2.29. The highest BCUT2D eigenvalue weighted by atomic mass is 16.5. The minimum Gasteiger partial charge on any atom is -0.338 e. The SMILES string of the molecule is CC(C)(N)[C@H](NC(=O)c1ccc(C#Cc2ccc(CNCCC3CC3)cc2)cc1)C(=O)NO. The van der Waals surface area contributed by atoms with E-state index in [0.717, 1.165) is 30.1 Å². The molecule has 2 aromatic carbocycles. The third-order valence-corrected chi connectivity index (χ3v) is 5.60. The molecule has 7 nitrogen and oxygen atoms in total. The van der Waals surface area contributed by atoms with E-state index >= 15 is 0 Å². The number of carbonyl (C=O) groups excluding carboxylic acids is 2. The van der Waals surface area contributed by atoms with Crippen LogP contribution >= 0.6 is 0 Å². The molecular formula is C26H32N4O3. The smallest absolute Gasteiger partial charge is 0.267 e. The summed E-state index contributed by atoms with van der Waals surface area (Å²) in [4.78, 5) is 24.3. The Morgan fingerprint density at radius 1 is 1.06 bits per heavy atom. The number of nitrogens with two attached hydrogens (primary N) is 1. The van der Waals surface area contributed by atoms with Gasteiger partial charge in [-0.1, -0.05) is 36.8 Å². The average Bonchev–Trinajstić information content (AvgIpc) is 3.63. The fourth-order valence-corrected chi connectivity index (χ4v) is 3.37. The molecule has 1 fully saturated rings. The Bertz CT molecular complexity index is 1010. The topological polar surface area (TPSA) is 116 Å². The largest absolute Gasteiger partial charge is 0.338 e. The van der Waals surface area contributed by atoms with Crippen LogP contribution in [-0.2, 0) is 11.3 Å². The molecule has 174 valence electrons. The van der Waals surface area contributed by atoms with Gasteiger partial charge in [0.15, 0.2) is 0 Å². The minimum atomic E-state index is -1.09. The molecule has 1 aliphatic carbocycles. The first kappa shape index (κ1) is 24.5. The van der Waals surface area contributed by atoms with E-state index in [2.05, 4.69) is 34.6 Å². The zero-order valence-corrected chi connectivity index (χ0v) is 19.2. The monoisotopic (exact) mass is 448 g/mol. The van der Waals surface area contributed by atoms with Crippen LogP contribution < -0.4 is 21.8 Å². The highest BCUT2D eigenvalue weighted by molar-refractivity contribution is 5.97. The van der Waals surface area contributed by atoms with Crippen LogP contribution in [0.4, 0.5) is 0 Å². The molecule has 0 bridgehead atoms. The van der Waals surface area contributed by atoms with Gasteiger partial charge in [0, 0.05) is 28.8 Å². The van der Waals surface area contributed by atoms with Crippen molar-refractivity contribution in [1.29, 1.82) is 0 Å². The second-order valence-electron chi connectivity index (χ2n) is 9.14. The van der Waals surface area contributed by atoms with Crippen molar-refractivity contribution in [2.45, 2.75) is 51.2 Å². The average molecular weight is 449 g/mol. The van der Waals surface area contributed by atoms with Crippen molar-refractivity contribution in [2.75, 3.05) is 6.54 Å². The molecule has 0 aliphatic heterocycles. The van der Waals surface area contributed by atoms with E-state index in [4.69, 9.17) is 10.9 Å². The van der Waals surface area contributed by atoms with E-state index in [1.165, 1.54) is 30.3 Å². The summed E-state index contributed by atoms with van der Waals surface area (Å²) in [5, 5.41) is 14.9. The van der Waals surface area contributed by atoms with Crippen molar-refractivity contribution in [1.82, 2.24) is 16.1 Å². The van der Waals surface area contributed by atoms with Crippen molar-refractivity contribution >= 4 is 11.8 Å². The Balaban J connectivity index is 1.54. The first-order valence-electron chi connectivity index (χ1n) is 11.2. The highest BCUT2D eigenvalue weighted by Crippen LogP contribution is 2.31. The number of carbonyl (C=O) groups is 2. The van der Waals surface area contributed by atoms with Gasteiger partial charge in [-0.05, 0) is 74.7 Å². The van der Waals surface area contributed by atoms with Gasteiger partial charge in [0.05, 0.1) is 0 Å². The Morgan fingerprint density at radius 3 is 2.15 bits per heavy atom. The molecule has 6 N–H and O–H groups in total. The Labute approximate surface area is 195 Å². The highest BCUT2D eigenvalue weighted by Gasteiger charge is 2.33. The summed E-state index contributed by atoms with van der Waals surface area (Å²) in [6, 6.07) is 13.8. The van der Waals surface area contributed by atoms with Gasteiger partial charge in [-0.25, -0.2) is 5.48 Å². The van der Waals surface area contributed by atoms with Crippen molar-refractivity contribution in [2.24, 2.45) is 11.7 Å². The maximum absolute atomic E-state index is 12.5. The summed E-state index contributed by atoms with van der Waals surface area (Å²) >= 11 is 0. The number of rotatable bonds is 9. The second kappa shape index (κ2) is 11.1. The molecule has 2 aromatic rings. The molecule has 33 heavy (non-hydrogen) atoms. The number of amides is 2. The van der Waals surface area contributed by atoms with Gasteiger partial charge in [-0.15, -0.1) is 0 Å². The van der Waals surface area contributed by atoms with Gasteiger partial charge in [0.2, 0.25) is 0 Å². The van der Waals surface area contributed by atoms with Crippen LogP contribution in [0, 0.1) is 17.8 Å². The third-order valence-electron chi connectivity index (χ3n) is 5.60. The summed E-state index contributed by atoms with van der Waals surface area (Å²) < 4.78 is 0. The van der Waals surface area contributed by atoms with Crippen molar-refractivity contribution in [3.8, 4) is 11.8 Å². The van der Waals surface area contributed by atoms with E-state index in [1.807, 2.05) is 12.1 Å². The molecule has 0 aromatic heterocycles. The van der Waals surface area contributed by atoms with Crippen LogP contribution in [0.2, 0.25) is 0 Å². The second-order valence-corrected chi connectivity index (χ2v) is 9.14. The number of nitrogens with one attached hydrogen (secondary N) is 3. The first-order valence-corrected chi connectivity index (χ1v) is 11.2. The molecule has 0 radical (unpaired) electrons. The van der Waals surface area contributed by atoms with Crippen LogP contribution in [0.25, 0.3) is 0 Å². The fraction of sp³-hybridized carbons (Fsp3) is 0.385. The molecule has 2 amide bonds. The maximum atomic E-state index is 12.5. The molecule has 0 saturated heterocycles. The minimum absolute atomic E-state index is 0.360. The van der Waals surface area contributed by atoms with Gasteiger partial charge >= 0.3 is 0 Å². The third kappa shape index (κ3) is 7.72. The Morgan fingerprint density at radius 2 is 1.64 bits per heavy atom. The van der Waals surface area contributed by atoms with Crippen molar-refractivity contribution in [3.63, 3.8) is 0 Å². The summed E-state index contributed by atoms with van der Waals surface area (Å²) in [6.07, 6.45) is 4.05. The zero-order valence-electron chi connectivity index (χ0n) is 19.2. The lowest BCUT2D eigenvalue weighted by atomic mass is 9.95. The van der Waals surface area contributed by atoms with E-state index in [9.17, 15) is 9.59 Å². The number of hydrogen-bond acceptors (Lipinski definition) is 5. The van der Waals surface area contributed by atoms with Crippen LogP contribution in [-0.4, -0.2) is 35.1 Å². The molecule has 7 heteroatoms. The standard InChI is InChI=1S/C26H32N4O3/c1-26(2,27)23(25(32)30-33)29-24(31)22-13-11-19(12-14-22)4-3-18-7-9-21(10-8-18)17-28-16-15-20-5-6-20/h7-14,20,23,28,33H,5-6,15-17,27H2,1-2H3,(H,29,31)(H,30,32)/t23-/m1/s1. The normalized spacial score (nSPS) is 14.1. The maximum Gasteiger partial charge on any atom is 0.267 e. The Kier molecular flexibility index (Phi) is 8.23. The van der Waals surface area contributed by atoms with Crippen LogP contribution in [0.5, 0.6) is 0 Å². The molecule has 0 spiro atoms. The number of hydrogen-bond donors (Lipinski definition) is 5. The molecule has 1 atom stereocenters. The molecule has 3 rings (SSSR count). The molecular weight excluding hydrogens is 416 g/mol. The van der Waals surface area contributed by atoms with E-state index in [-0.39, 0.29) is 0 Å². The lowest BCUT2D eigenvalue weighted by Crippen LogP contribution is -2.61. The van der Waals surface area contributed by atoms with Crippen LogP contribution in [0.15, 0.2) is 48.5 Å². The predicted octanol–water partition coefficient (Wildman–Crippen LogP) is 2.32. The van der Waals surface area contributed by atoms with Gasteiger partial charge in [0.1, 0.15) is 6.04 Å². The molecule has 0 heterocycles. The van der Waals surface area contributed by atoms with Crippen molar-refractivity contribution in [3.05, 3.63) is 70.8 Å². The van der Waals surface area contributed by atoms with Crippen LogP contribution in [0.1, 0.15) is 60.2 Å². The van der Waals surface area contributed by atoms with E-state index in [0.29, 0.717) is 5.56 Å². The summed E-state index contributed by atoms with van der Waals surface area (Å²) in [5.74, 6) is 5.93. The molecule has 1 aliphatic rings. The number of hydroxylamine groups is 1. The zero-order chi connectivity index (χ0) is 23.8. The van der Waals surface area contributed by atoms with Crippen LogP contribution in [0.3, 0.4) is 0 Å². The van der Waals surface area contributed by atoms with E-state index in [1.54, 1.807) is 38.1 Å². The fourth-order valence-electron chi connectivity index (χ4n) is 3.37. The molecule has 0 unspecified atom stereocenters. The van der Waals surface area contributed by atoms with Gasteiger partial charge in [0.25, 0.3) is 11.8 Å². The van der Waals surface area contributed by atoms with Gasteiger partial charge < -0.3 is 16.4 Å². The van der Waals surface area contributed by atoms with E-state index < -0.39 is 23.4 Å². The van der Waals surface area contributed by atoms with Crippen molar-refractivity contribution < 1.29 is 14.8 Å².